The Morgan fingerprint density at radius 2 is 1.65 bits per heavy atom. The summed E-state index contributed by atoms with van der Waals surface area (Å²) in [6.45, 7) is 0. The molecule has 0 atom stereocenters. The van der Waals surface area contributed by atoms with Gasteiger partial charge in [0.1, 0.15) is 0 Å². The molecule has 0 bridgehead atoms. The van der Waals surface area contributed by atoms with Crippen LogP contribution in [0, 0.1) is 0 Å². The number of hydrogen-bond acceptors (Lipinski definition) is 2. The minimum absolute atomic E-state index is 0.309. The first-order valence-electron chi connectivity index (χ1n) is 5.29. The Hall–Kier alpha value is -1.51. The van der Waals surface area contributed by atoms with Gasteiger partial charge < -0.3 is 0 Å². The summed E-state index contributed by atoms with van der Waals surface area (Å²) in [5, 5.41) is 0. The van der Waals surface area contributed by atoms with Crippen molar-refractivity contribution in [2.24, 2.45) is 0 Å². The summed E-state index contributed by atoms with van der Waals surface area (Å²) in [4.78, 5) is 11.6. The van der Waals surface area contributed by atoms with Gasteiger partial charge in [-0.25, -0.2) is 0 Å². The third kappa shape index (κ3) is 2.99. The molecule has 0 N–H and O–H groups in total. The first-order chi connectivity index (χ1) is 8.31. The van der Waals surface area contributed by atoms with Crippen LogP contribution in [0.3, 0.4) is 0 Å². The van der Waals surface area contributed by atoms with Gasteiger partial charge in [-0.15, -0.1) is 0 Å². The van der Waals surface area contributed by atoms with Gasteiger partial charge in [0, 0.05) is 0 Å². The Balaban J connectivity index is 2.30. The topological polar surface area (TPSA) is 26.3 Å². The molecule has 0 aliphatic rings. The van der Waals surface area contributed by atoms with Gasteiger partial charge in [-0.3, -0.25) is 0 Å². The molecule has 2 aromatic carbocycles. The van der Waals surface area contributed by atoms with Crippen molar-refractivity contribution in [2.45, 2.75) is 6.42 Å². The van der Waals surface area contributed by atoms with E-state index in [9.17, 15) is 4.79 Å². The summed E-state index contributed by atoms with van der Waals surface area (Å²) in [6.07, 6.45) is 0.735. The van der Waals surface area contributed by atoms with Gasteiger partial charge in [-0.2, -0.15) is 0 Å². The fourth-order valence-corrected chi connectivity index (χ4v) is 1.89. The van der Waals surface area contributed by atoms with Gasteiger partial charge in [0.2, 0.25) is 0 Å². The average molecular weight is 262 g/mol. The maximum atomic E-state index is 11.6. The fraction of sp³-hybridized carbons (Fsp3) is 0.0714. The molecule has 17 heavy (non-hydrogen) atoms. The van der Waals surface area contributed by atoms with Crippen molar-refractivity contribution in [1.82, 2.24) is 0 Å². The number of carbonyl (C=O) groups excluding carboxylic acids is 1. The normalized spacial score (nSPS) is 9.88. The summed E-state index contributed by atoms with van der Waals surface area (Å²) in [7, 11) is 0. The van der Waals surface area contributed by atoms with Crippen molar-refractivity contribution in [3.63, 3.8) is 0 Å². The van der Waals surface area contributed by atoms with E-state index in [0.29, 0.717) is 5.56 Å². The van der Waals surface area contributed by atoms with Crippen molar-refractivity contribution < 1.29 is 26.2 Å². The predicted octanol–water partition coefficient (Wildman–Crippen LogP) is 2.90. The minimum atomic E-state index is -0.309. The first kappa shape index (κ1) is 12.0. The molecule has 2 rings (SSSR count). The summed E-state index contributed by atoms with van der Waals surface area (Å²) in [5.74, 6) is -0.309. The molecule has 0 unspecified atom stereocenters. The van der Waals surface area contributed by atoms with Crippen LogP contribution in [0.5, 0.6) is 0 Å². The average Bonchev–Trinajstić information content (AvgIpc) is 2.40. The molecule has 0 amide bonds. The second-order valence-electron chi connectivity index (χ2n) is 3.70. The Bertz CT molecular complexity index is 509. The van der Waals surface area contributed by atoms with E-state index in [4.69, 9.17) is 3.66 Å². The van der Waals surface area contributed by atoms with E-state index in [2.05, 4.69) is 0 Å². The van der Waals surface area contributed by atoms with Crippen molar-refractivity contribution in [1.29, 1.82) is 0 Å². The zero-order chi connectivity index (χ0) is 12.1. The Morgan fingerprint density at radius 1 is 1.00 bits per heavy atom. The molecule has 0 spiro atoms. The third-order valence-electron chi connectivity index (χ3n) is 2.56. The zero-order valence-corrected chi connectivity index (χ0v) is 10.6. The molecule has 0 saturated carbocycles. The second-order valence-corrected chi connectivity index (χ2v) is 3.98. The van der Waals surface area contributed by atoms with Gasteiger partial charge in [0.05, 0.1) is 0 Å². The number of hydrogen-bond donors (Lipinski definition) is 0. The van der Waals surface area contributed by atoms with Gasteiger partial charge in [-0.1, -0.05) is 0 Å². The number of carbonyl (C=O) groups is 1. The summed E-state index contributed by atoms with van der Waals surface area (Å²) in [5.41, 5.74) is 2.78. The van der Waals surface area contributed by atoms with E-state index in [1.165, 1.54) is 5.56 Å². The van der Waals surface area contributed by atoms with Crippen LogP contribution in [0.25, 0.3) is 0 Å². The molecule has 0 aliphatic carbocycles. The van der Waals surface area contributed by atoms with Crippen molar-refractivity contribution >= 4 is 5.97 Å². The summed E-state index contributed by atoms with van der Waals surface area (Å²) in [6, 6.07) is 17.6. The van der Waals surface area contributed by atoms with Crippen LogP contribution in [0.2, 0.25) is 0 Å². The quantitative estimate of drug-likeness (QED) is 0.850. The molecule has 0 aromatic heterocycles. The van der Waals surface area contributed by atoms with Gasteiger partial charge in [0.15, 0.2) is 0 Å². The fourth-order valence-electron chi connectivity index (χ4n) is 1.74. The van der Waals surface area contributed by atoms with Crippen LogP contribution >= 0.6 is 0 Å². The van der Waals surface area contributed by atoms with Gasteiger partial charge >= 0.3 is 110 Å². The standard InChI is InChI=1S/C14H12O2.V/c15-14(16)13-9-5-4-8-12(13)10-11-6-2-1-3-7-11;/h1-9H,10H2,(H,15,16);/q;+1/p-1. The molecule has 2 aromatic rings. The predicted molar refractivity (Wildman–Crippen MR) is 61.1 cm³/mol. The molecule has 0 radical (unpaired) electrons. The van der Waals surface area contributed by atoms with E-state index in [-0.39, 0.29) is 5.97 Å². The Kier molecular flexibility index (Phi) is 4.02. The van der Waals surface area contributed by atoms with E-state index < -0.39 is 0 Å². The van der Waals surface area contributed by atoms with Crippen molar-refractivity contribution in [3.8, 4) is 0 Å². The van der Waals surface area contributed by atoms with E-state index in [1.54, 1.807) is 6.07 Å². The van der Waals surface area contributed by atoms with Crippen LogP contribution in [0.1, 0.15) is 21.5 Å². The monoisotopic (exact) mass is 262 g/mol. The molecule has 0 saturated heterocycles. The van der Waals surface area contributed by atoms with Crippen LogP contribution in [-0.2, 0) is 27.9 Å². The molecule has 2 nitrogen and oxygen atoms in total. The van der Waals surface area contributed by atoms with Crippen LogP contribution in [-0.4, -0.2) is 5.97 Å². The van der Waals surface area contributed by atoms with Crippen LogP contribution in [0.4, 0.5) is 0 Å². The maximum absolute atomic E-state index is 11.6. The first-order valence-corrected chi connectivity index (χ1v) is 5.86. The number of benzene rings is 2. The van der Waals surface area contributed by atoms with E-state index in [1.807, 2.05) is 66.3 Å². The molecular weight excluding hydrogens is 251 g/mol. The summed E-state index contributed by atoms with van der Waals surface area (Å²) < 4.78 is 4.71. The zero-order valence-electron chi connectivity index (χ0n) is 9.17. The molecule has 0 fully saturated rings. The van der Waals surface area contributed by atoms with E-state index in [0.717, 1.165) is 12.0 Å². The molecule has 84 valence electrons. The van der Waals surface area contributed by atoms with Crippen molar-refractivity contribution in [3.05, 3.63) is 71.3 Å². The molecule has 0 aliphatic heterocycles. The molecule has 3 heteroatoms. The third-order valence-corrected chi connectivity index (χ3v) is 2.82. The Morgan fingerprint density at radius 3 is 2.35 bits per heavy atom. The summed E-state index contributed by atoms with van der Waals surface area (Å²) >= 11 is 1.84. The van der Waals surface area contributed by atoms with Crippen LogP contribution in [0.15, 0.2) is 54.6 Å². The molecule has 0 heterocycles. The second kappa shape index (κ2) is 5.71. The number of rotatable bonds is 3. The van der Waals surface area contributed by atoms with Crippen LogP contribution < -0.4 is 0 Å². The molecular formula is C14H11O2V. The van der Waals surface area contributed by atoms with E-state index >= 15 is 0 Å². The SMILES string of the molecule is O=C([O][V])c1ccccc1Cc1ccccc1. The Labute approximate surface area is 110 Å². The van der Waals surface area contributed by atoms with Crippen molar-refractivity contribution in [2.75, 3.05) is 0 Å². The van der Waals surface area contributed by atoms with Gasteiger partial charge in [-0.05, 0) is 0 Å². The van der Waals surface area contributed by atoms with Gasteiger partial charge in [0.25, 0.3) is 0 Å².